The molecular weight excluding hydrogens is 196 g/mol. The number of nitrogens with zero attached hydrogens (tertiary/aromatic N) is 1. The average Bonchev–Trinajstić information content (AvgIpc) is 2.16. The van der Waals surface area contributed by atoms with Gasteiger partial charge in [-0.2, -0.15) is 0 Å². The van der Waals surface area contributed by atoms with Crippen molar-refractivity contribution in [2.24, 2.45) is 11.1 Å². The number of thiocarbonyl (C=S) groups is 1. The first-order valence-corrected chi connectivity index (χ1v) is 5.53. The highest BCUT2D eigenvalue weighted by atomic mass is 32.1. The molecule has 2 N–H and O–H groups in total. The second-order valence-corrected chi connectivity index (χ2v) is 4.89. The average molecular weight is 216 g/mol. The Balaban J connectivity index is 2.28. The van der Waals surface area contributed by atoms with Crippen LogP contribution in [0.5, 0.6) is 0 Å². The molecule has 3 nitrogen and oxygen atoms in total. The lowest BCUT2D eigenvalue weighted by Gasteiger charge is -2.30. The minimum Gasteiger partial charge on any atom is -0.393 e. The second-order valence-electron chi connectivity index (χ2n) is 4.45. The van der Waals surface area contributed by atoms with E-state index in [1.165, 1.54) is 0 Å². The molecule has 0 bridgehead atoms. The zero-order valence-corrected chi connectivity index (χ0v) is 9.90. The summed E-state index contributed by atoms with van der Waals surface area (Å²) in [5.41, 5.74) is 5.65. The Morgan fingerprint density at radius 3 is 2.50 bits per heavy atom. The van der Waals surface area contributed by atoms with Crippen LogP contribution in [0, 0.1) is 5.41 Å². The first-order valence-electron chi connectivity index (χ1n) is 5.12. The molecule has 4 heteroatoms. The molecule has 1 saturated heterocycles. The highest BCUT2D eigenvalue weighted by molar-refractivity contribution is 7.80. The Labute approximate surface area is 91.6 Å². The molecule has 0 atom stereocenters. The van der Waals surface area contributed by atoms with Gasteiger partial charge in [-0.3, -0.25) is 4.90 Å². The van der Waals surface area contributed by atoms with Gasteiger partial charge in [0.25, 0.3) is 0 Å². The lowest BCUT2D eigenvalue weighted by atomic mass is 9.89. The summed E-state index contributed by atoms with van der Waals surface area (Å²) in [5.74, 6) is 0. The van der Waals surface area contributed by atoms with Crippen molar-refractivity contribution in [3.63, 3.8) is 0 Å². The minimum absolute atomic E-state index is 0.0202. The number of hydrogen-bond donors (Lipinski definition) is 1. The molecule has 0 unspecified atom stereocenters. The number of rotatable bonds is 4. The summed E-state index contributed by atoms with van der Waals surface area (Å²) >= 11 is 5.03. The van der Waals surface area contributed by atoms with Crippen molar-refractivity contribution in [3.05, 3.63) is 0 Å². The zero-order valence-electron chi connectivity index (χ0n) is 9.08. The molecule has 1 aliphatic heterocycles. The van der Waals surface area contributed by atoms with Gasteiger partial charge in [-0.05, 0) is 13.0 Å². The molecule has 0 aromatic rings. The van der Waals surface area contributed by atoms with E-state index in [4.69, 9.17) is 22.7 Å². The third-order valence-electron chi connectivity index (χ3n) is 2.82. The van der Waals surface area contributed by atoms with Crippen LogP contribution in [0.2, 0.25) is 0 Å². The lowest BCUT2D eigenvalue weighted by molar-refractivity contribution is 0.0348. The molecule has 1 aliphatic rings. The third-order valence-corrected chi connectivity index (χ3v) is 3.38. The zero-order chi connectivity index (χ0) is 10.6. The van der Waals surface area contributed by atoms with Crippen LogP contribution in [-0.4, -0.2) is 42.7 Å². The van der Waals surface area contributed by atoms with Crippen molar-refractivity contribution in [3.8, 4) is 0 Å². The molecule has 82 valence electrons. The van der Waals surface area contributed by atoms with E-state index in [9.17, 15) is 0 Å². The lowest BCUT2D eigenvalue weighted by Crippen LogP contribution is -2.40. The molecule has 1 fully saturated rings. The highest BCUT2D eigenvalue weighted by Gasteiger charge is 2.22. The summed E-state index contributed by atoms with van der Waals surface area (Å²) in [6.45, 7) is 9.06. The van der Waals surface area contributed by atoms with Crippen LogP contribution in [0.4, 0.5) is 0 Å². The van der Waals surface area contributed by atoms with Crippen LogP contribution in [0.25, 0.3) is 0 Å². The summed E-state index contributed by atoms with van der Waals surface area (Å²) in [4.78, 5) is 3.02. The SMILES string of the molecule is CC(C)(CCN1CCOCC1)C(N)=S. The molecular formula is C10H20N2OS. The van der Waals surface area contributed by atoms with Crippen molar-refractivity contribution in [2.75, 3.05) is 32.8 Å². The fourth-order valence-electron chi connectivity index (χ4n) is 1.39. The predicted octanol–water partition coefficient (Wildman–Crippen LogP) is 1.02. The smallest absolute Gasteiger partial charge is 0.0784 e. The molecule has 14 heavy (non-hydrogen) atoms. The van der Waals surface area contributed by atoms with E-state index in [1.807, 2.05) is 0 Å². The number of nitrogens with two attached hydrogens (primary N) is 1. The topological polar surface area (TPSA) is 38.5 Å². The molecule has 1 rings (SSSR count). The maximum absolute atomic E-state index is 5.67. The van der Waals surface area contributed by atoms with Gasteiger partial charge < -0.3 is 10.5 Å². The summed E-state index contributed by atoms with van der Waals surface area (Å²) < 4.78 is 5.29. The first-order chi connectivity index (χ1) is 6.52. The van der Waals surface area contributed by atoms with E-state index in [2.05, 4.69) is 18.7 Å². The van der Waals surface area contributed by atoms with Gasteiger partial charge in [0.05, 0.1) is 18.2 Å². The summed E-state index contributed by atoms with van der Waals surface area (Å²) in [6, 6.07) is 0. The fourth-order valence-corrected chi connectivity index (χ4v) is 1.49. The molecule has 0 saturated carbocycles. The monoisotopic (exact) mass is 216 g/mol. The van der Waals surface area contributed by atoms with Crippen LogP contribution in [0.3, 0.4) is 0 Å². The van der Waals surface area contributed by atoms with Crippen LogP contribution >= 0.6 is 12.2 Å². The van der Waals surface area contributed by atoms with Crippen molar-refractivity contribution in [2.45, 2.75) is 20.3 Å². The summed E-state index contributed by atoms with van der Waals surface area (Å²) in [5, 5.41) is 0. The number of ether oxygens (including phenoxy) is 1. The van der Waals surface area contributed by atoms with E-state index >= 15 is 0 Å². The quantitative estimate of drug-likeness (QED) is 0.712. The minimum atomic E-state index is -0.0202. The van der Waals surface area contributed by atoms with Crippen molar-refractivity contribution < 1.29 is 4.74 Å². The van der Waals surface area contributed by atoms with Crippen LogP contribution in [0.15, 0.2) is 0 Å². The normalized spacial score (nSPS) is 19.6. The maximum Gasteiger partial charge on any atom is 0.0784 e. The molecule has 0 aromatic carbocycles. The van der Waals surface area contributed by atoms with Gasteiger partial charge in [-0.15, -0.1) is 0 Å². The Morgan fingerprint density at radius 1 is 1.43 bits per heavy atom. The molecule has 0 spiro atoms. The first kappa shape index (κ1) is 11.9. The maximum atomic E-state index is 5.67. The van der Waals surface area contributed by atoms with Gasteiger partial charge in [0.1, 0.15) is 0 Å². The Hall–Kier alpha value is -0.190. The Bertz CT molecular complexity index is 200. The molecule has 0 aliphatic carbocycles. The van der Waals surface area contributed by atoms with Crippen molar-refractivity contribution >= 4 is 17.2 Å². The molecule has 0 amide bonds. The standard InChI is InChI=1S/C10H20N2OS/c1-10(2,9(11)14)3-4-12-5-7-13-8-6-12/h3-8H2,1-2H3,(H2,11,14). The van der Waals surface area contributed by atoms with Gasteiger partial charge in [-0.1, -0.05) is 26.1 Å². The number of hydrogen-bond acceptors (Lipinski definition) is 3. The van der Waals surface area contributed by atoms with Crippen molar-refractivity contribution in [1.29, 1.82) is 0 Å². The van der Waals surface area contributed by atoms with Gasteiger partial charge in [0.2, 0.25) is 0 Å². The molecule has 0 aromatic heterocycles. The van der Waals surface area contributed by atoms with Crippen LogP contribution < -0.4 is 5.73 Å². The van der Waals surface area contributed by atoms with Gasteiger partial charge in [0, 0.05) is 18.5 Å². The van der Waals surface area contributed by atoms with Crippen LogP contribution in [0.1, 0.15) is 20.3 Å². The number of morpholine rings is 1. The largest absolute Gasteiger partial charge is 0.393 e. The van der Waals surface area contributed by atoms with Gasteiger partial charge in [-0.25, -0.2) is 0 Å². The predicted molar refractivity (Wildman–Crippen MR) is 62.4 cm³/mol. The van der Waals surface area contributed by atoms with E-state index in [0.29, 0.717) is 4.99 Å². The fraction of sp³-hybridized carbons (Fsp3) is 0.900. The molecule has 1 heterocycles. The van der Waals surface area contributed by atoms with Crippen LogP contribution in [-0.2, 0) is 4.74 Å². The van der Waals surface area contributed by atoms with E-state index < -0.39 is 0 Å². The third kappa shape index (κ3) is 3.52. The van der Waals surface area contributed by atoms with Gasteiger partial charge in [0.15, 0.2) is 0 Å². The second kappa shape index (κ2) is 5.05. The van der Waals surface area contributed by atoms with E-state index in [-0.39, 0.29) is 5.41 Å². The van der Waals surface area contributed by atoms with Gasteiger partial charge >= 0.3 is 0 Å². The van der Waals surface area contributed by atoms with Crippen molar-refractivity contribution in [1.82, 2.24) is 4.90 Å². The summed E-state index contributed by atoms with van der Waals surface area (Å²) in [6.07, 6.45) is 1.03. The summed E-state index contributed by atoms with van der Waals surface area (Å²) in [7, 11) is 0. The Kier molecular flexibility index (Phi) is 4.29. The highest BCUT2D eigenvalue weighted by Crippen LogP contribution is 2.21. The van der Waals surface area contributed by atoms with E-state index in [0.717, 1.165) is 39.3 Å². The Morgan fingerprint density at radius 2 is 2.00 bits per heavy atom. The van der Waals surface area contributed by atoms with E-state index in [1.54, 1.807) is 0 Å². The molecule has 0 radical (unpaired) electrons.